The quantitative estimate of drug-likeness (QED) is 0.528. The first-order chi connectivity index (χ1) is 11.9. The lowest BCUT2D eigenvalue weighted by atomic mass is 10.1. The van der Waals surface area contributed by atoms with Gasteiger partial charge >= 0.3 is 5.97 Å². The van der Waals surface area contributed by atoms with Crippen LogP contribution in [0.4, 0.5) is 10.1 Å². The van der Waals surface area contributed by atoms with Crippen LogP contribution in [0.2, 0.25) is 10.0 Å². The highest BCUT2D eigenvalue weighted by atomic mass is 35.5. The standard InChI is InChI=1S/C17H10Cl2FNO2S2/c18-10-5-4-9(6-11(10)19)8-21-16-12(20)2-1-3-13(16)25-14(17(21)24)7-15(22)23/h1-7H,8H2,(H,22,23)/b14-7-. The number of fused-ring (bicyclic) bond motifs is 1. The number of thioether (sulfide) groups is 1. The maximum absolute atomic E-state index is 14.4. The van der Waals surface area contributed by atoms with Crippen LogP contribution in [0.15, 0.2) is 52.3 Å². The minimum atomic E-state index is -1.11. The molecule has 0 amide bonds. The molecule has 1 aliphatic rings. The van der Waals surface area contributed by atoms with Gasteiger partial charge in [0.15, 0.2) is 0 Å². The number of anilines is 1. The third kappa shape index (κ3) is 3.82. The van der Waals surface area contributed by atoms with Crippen LogP contribution in [0.1, 0.15) is 5.56 Å². The van der Waals surface area contributed by atoms with E-state index in [0.717, 1.165) is 23.4 Å². The van der Waals surface area contributed by atoms with Crippen molar-refractivity contribution in [2.24, 2.45) is 0 Å². The molecule has 3 rings (SSSR count). The van der Waals surface area contributed by atoms with Gasteiger partial charge in [-0.3, -0.25) is 0 Å². The van der Waals surface area contributed by atoms with Gasteiger partial charge in [0.2, 0.25) is 0 Å². The molecule has 0 spiro atoms. The molecule has 0 radical (unpaired) electrons. The first-order valence-corrected chi connectivity index (χ1v) is 9.01. The van der Waals surface area contributed by atoms with Gasteiger partial charge < -0.3 is 10.0 Å². The second-order valence-corrected chi connectivity index (χ2v) is 7.46. The molecule has 2 aromatic rings. The van der Waals surface area contributed by atoms with Gasteiger partial charge in [0.1, 0.15) is 10.8 Å². The van der Waals surface area contributed by atoms with Crippen molar-refractivity contribution in [3.8, 4) is 0 Å². The summed E-state index contributed by atoms with van der Waals surface area (Å²) < 4.78 is 14.4. The zero-order valence-corrected chi connectivity index (χ0v) is 15.6. The Balaban J connectivity index is 2.07. The van der Waals surface area contributed by atoms with E-state index >= 15 is 0 Å². The molecular formula is C17H10Cl2FNO2S2. The molecule has 0 saturated heterocycles. The van der Waals surface area contributed by atoms with Crippen molar-refractivity contribution in [1.29, 1.82) is 0 Å². The molecule has 0 unspecified atom stereocenters. The van der Waals surface area contributed by atoms with E-state index in [4.69, 9.17) is 40.5 Å². The summed E-state index contributed by atoms with van der Waals surface area (Å²) in [6.45, 7) is 0.237. The molecule has 0 aromatic heterocycles. The van der Waals surface area contributed by atoms with Crippen LogP contribution in [0.25, 0.3) is 0 Å². The number of aliphatic carboxylic acids is 1. The highest BCUT2D eigenvalue weighted by Gasteiger charge is 2.29. The fraction of sp³-hybridized carbons (Fsp3) is 0.0588. The first kappa shape index (κ1) is 18.2. The molecule has 0 fully saturated rings. The fourth-order valence-corrected chi connectivity index (χ4v) is 4.12. The lowest BCUT2D eigenvalue weighted by molar-refractivity contribution is -0.131. The molecular weight excluding hydrogens is 404 g/mol. The van der Waals surface area contributed by atoms with Gasteiger partial charge in [-0.1, -0.05) is 59.3 Å². The van der Waals surface area contributed by atoms with Crippen molar-refractivity contribution >= 4 is 63.8 Å². The lowest BCUT2D eigenvalue weighted by Gasteiger charge is -2.33. The summed E-state index contributed by atoms with van der Waals surface area (Å²) >= 11 is 18.5. The Kier molecular flexibility index (Phi) is 5.34. The molecule has 1 aliphatic heterocycles. The van der Waals surface area contributed by atoms with Crippen LogP contribution in [0, 0.1) is 5.82 Å². The topological polar surface area (TPSA) is 40.5 Å². The number of hydrogen-bond acceptors (Lipinski definition) is 3. The zero-order valence-electron chi connectivity index (χ0n) is 12.5. The Bertz CT molecular complexity index is 918. The minimum Gasteiger partial charge on any atom is -0.478 e. The molecule has 0 aliphatic carbocycles. The van der Waals surface area contributed by atoms with Crippen LogP contribution in [0.3, 0.4) is 0 Å². The Hall–Kier alpha value is -1.60. The zero-order chi connectivity index (χ0) is 18.1. The van der Waals surface area contributed by atoms with E-state index in [0.29, 0.717) is 25.5 Å². The molecule has 3 nitrogen and oxygen atoms in total. The molecule has 128 valence electrons. The number of carboxylic acid groups (broad SMARTS) is 1. The predicted octanol–water partition coefficient (Wildman–Crippen LogP) is 5.54. The summed E-state index contributed by atoms with van der Waals surface area (Å²) in [4.78, 5) is 13.9. The Morgan fingerprint density at radius 1 is 1.28 bits per heavy atom. The van der Waals surface area contributed by atoms with Crippen molar-refractivity contribution in [2.45, 2.75) is 11.4 Å². The number of carbonyl (C=O) groups is 1. The lowest BCUT2D eigenvalue weighted by Crippen LogP contribution is -2.33. The van der Waals surface area contributed by atoms with Gasteiger partial charge in [0.25, 0.3) is 0 Å². The summed E-state index contributed by atoms with van der Waals surface area (Å²) in [7, 11) is 0. The second-order valence-electron chi connectivity index (χ2n) is 5.18. The average Bonchev–Trinajstić information content (AvgIpc) is 2.54. The molecule has 0 atom stereocenters. The summed E-state index contributed by atoms with van der Waals surface area (Å²) in [5, 5.41) is 9.85. The molecule has 0 bridgehead atoms. The Morgan fingerprint density at radius 2 is 2.04 bits per heavy atom. The highest BCUT2D eigenvalue weighted by Crippen LogP contribution is 2.44. The van der Waals surface area contributed by atoms with Crippen molar-refractivity contribution in [2.75, 3.05) is 4.90 Å². The van der Waals surface area contributed by atoms with E-state index in [1.54, 1.807) is 35.2 Å². The number of rotatable bonds is 3. The van der Waals surface area contributed by atoms with Crippen LogP contribution in [-0.4, -0.2) is 16.1 Å². The van der Waals surface area contributed by atoms with Crippen LogP contribution in [0.5, 0.6) is 0 Å². The van der Waals surface area contributed by atoms with E-state index in [-0.39, 0.29) is 11.5 Å². The van der Waals surface area contributed by atoms with Gasteiger partial charge in [-0.25, -0.2) is 9.18 Å². The van der Waals surface area contributed by atoms with Crippen LogP contribution < -0.4 is 4.90 Å². The summed E-state index contributed by atoms with van der Waals surface area (Å²) in [6.07, 6.45) is 1.03. The first-order valence-electron chi connectivity index (χ1n) is 7.03. The molecule has 8 heteroatoms. The maximum Gasteiger partial charge on any atom is 0.329 e. The predicted molar refractivity (Wildman–Crippen MR) is 103 cm³/mol. The van der Waals surface area contributed by atoms with Gasteiger partial charge in [0, 0.05) is 17.5 Å². The Morgan fingerprint density at radius 3 is 2.72 bits per heavy atom. The van der Waals surface area contributed by atoms with E-state index < -0.39 is 11.8 Å². The summed E-state index contributed by atoms with van der Waals surface area (Å²) in [5.41, 5.74) is 1.10. The third-order valence-corrected chi connectivity index (χ3v) is 5.86. The smallest absolute Gasteiger partial charge is 0.329 e. The van der Waals surface area contributed by atoms with Gasteiger partial charge in [-0.15, -0.1) is 0 Å². The van der Waals surface area contributed by atoms with Crippen molar-refractivity contribution in [1.82, 2.24) is 0 Å². The number of thiocarbonyl (C=S) groups is 1. The number of carboxylic acids is 1. The van der Waals surface area contributed by atoms with Crippen LogP contribution >= 0.6 is 47.2 Å². The average molecular weight is 414 g/mol. The summed E-state index contributed by atoms with van der Waals surface area (Å²) in [6, 6.07) is 9.73. The van der Waals surface area contributed by atoms with Crippen molar-refractivity contribution in [3.05, 3.63) is 68.8 Å². The monoisotopic (exact) mass is 413 g/mol. The van der Waals surface area contributed by atoms with E-state index in [1.165, 1.54) is 6.07 Å². The van der Waals surface area contributed by atoms with Gasteiger partial charge in [-0.05, 0) is 29.8 Å². The second kappa shape index (κ2) is 7.33. The molecule has 25 heavy (non-hydrogen) atoms. The fourth-order valence-electron chi connectivity index (χ4n) is 2.41. The number of halogens is 3. The summed E-state index contributed by atoms with van der Waals surface area (Å²) in [5.74, 6) is -1.54. The maximum atomic E-state index is 14.4. The minimum absolute atomic E-state index is 0.237. The number of nitrogens with zero attached hydrogens (tertiary/aromatic N) is 1. The van der Waals surface area contributed by atoms with E-state index in [1.807, 2.05) is 0 Å². The SMILES string of the molecule is O=C(O)/C=C1\Sc2cccc(F)c2N(Cc2ccc(Cl)c(Cl)c2)C1=S. The van der Waals surface area contributed by atoms with E-state index in [9.17, 15) is 9.18 Å². The third-order valence-electron chi connectivity index (χ3n) is 3.47. The number of hydrogen-bond donors (Lipinski definition) is 1. The van der Waals surface area contributed by atoms with Crippen LogP contribution in [-0.2, 0) is 11.3 Å². The normalized spacial score (nSPS) is 15.4. The van der Waals surface area contributed by atoms with Crippen molar-refractivity contribution in [3.63, 3.8) is 0 Å². The molecule has 0 saturated carbocycles. The van der Waals surface area contributed by atoms with E-state index in [2.05, 4.69) is 0 Å². The molecule has 1 N–H and O–H groups in total. The highest BCUT2D eigenvalue weighted by molar-refractivity contribution is 8.05. The van der Waals surface area contributed by atoms with Gasteiger partial charge in [-0.2, -0.15) is 0 Å². The number of para-hydroxylation sites is 1. The van der Waals surface area contributed by atoms with Gasteiger partial charge in [0.05, 0.1) is 20.6 Å². The molecule has 2 aromatic carbocycles. The van der Waals surface area contributed by atoms with Crippen molar-refractivity contribution < 1.29 is 14.3 Å². The number of benzene rings is 2. The molecule has 1 heterocycles. The Labute approximate surface area is 163 Å². The largest absolute Gasteiger partial charge is 0.478 e.